The fraction of sp³-hybridized carbons (Fsp3) is 0.688. The van der Waals surface area contributed by atoms with Crippen LogP contribution in [-0.4, -0.2) is 30.3 Å². The summed E-state index contributed by atoms with van der Waals surface area (Å²) in [5.74, 6) is 1.33. The van der Waals surface area contributed by atoms with Gasteiger partial charge in [-0.2, -0.15) is 0 Å². The van der Waals surface area contributed by atoms with E-state index in [0.29, 0.717) is 5.92 Å². The molecule has 3 unspecified atom stereocenters. The minimum absolute atomic E-state index is 0.165. The van der Waals surface area contributed by atoms with Gasteiger partial charge in [-0.1, -0.05) is 6.92 Å². The smallest absolute Gasteiger partial charge is 0.138 e. The van der Waals surface area contributed by atoms with Crippen molar-refractivity contribution in [2.24, 2.45) is 5.92 Å². The first kappa shape index (κ1) is 15.3. The first-order valence-corrected chi connectivity index (χ1v) is 7.58. The second-order valence-electron chi connectivity index (χ2n) is 5.68. The van der Waals surface area contributed by atoms with E-state index in [9.17, 15) is 0 Å². The Balaban J connectivity index is 2.20. The van der Waals surface area contributed by atoms with Gasteiger partial charge >= 0.3 is 0 Å². The lowest BCUT2D eigenvalue weighted by molar-refractivity contribution is 0.0955. The number of rotatable bonds is 6. The van der Waals surface area contributed by atoms with Crippen LogP contribution in [0.3, 0.4) is 0 Å². The molecule has 0 aliphatic carbocycles. The van der Waals surface area contributed by atoms with E-state index >= 15 is 0 Å². The molecular weight excluding hydrogens is 252 g/mol. The van der Waals surface area contributed by atoms with Gasteiger partial charge in [0.15, 0.2) is 0 Å². The lowest BCUT2D eigenvalue weighted by Crippen LogP contribution is -2.32. The average Bonchev–Trinajstić information content (AvgIpc) is 2.81. The number of aromatic nitrogens is 1. The summed E-state index contributed by atoms with van der Waals surface area (Å²) in [4.78, 5) is 4.33. The van der Waals surface area contributed by atoms with Crippen molar-refractivity contribution in [3.63, 3.8) is 0 Å². The second kappa shape index (κ2) is 7.04. The van der Waals surface area contributed by atoms with Crippen LogP contribution in [0.4, 0.5) is 0 Å². The Bertz CT molecular complexity index is 423. The van der Waals surface area contributed by atoms with E-state index in [0.717, 1.165) is 25.3 Å². The number of hydrogen-bond acceptors (Lipinski definition) is 4. The largest absolute Gasteiger partial charge is 0.489 e. The first-order chi connectivity index (χ1) is 9.61. The van der Waals surface area contributed by atoms with Crippen LogP contribution in [0.2, 0.25) is 0 Å². The predicted molar refractivity (Wildman–Crippen MR) is 79.9 cm³/mol. The molecule has 4 nitrogen and oxygen atoms in total. The van der Waals surface area contributed by atoms with Crippen molar-refractivity contribution < 1.29 is 9.47 Å². The predicted octanol–water partition coefficient (Wildman–Crippen LogP) is 2.94. The van der Waals surface area contributed by atoms with Crippen molar-refractivity contribution in [1.29, 1.82) is 0 Å². The number of hydrogen-bond donors (Lipinski definition) is 1. The highest BCUT2D eigenvalue weighted by atomic mass is 16.5. The van der Waals surface area contributed by atoms with Gasteiger partial charge in [0.25, 0.3) is 0 Å². The summed E-state index contributed by atoms with van der Waals surface area (Å²) in [6.45, 7) is 10.1. The summed E-state index contributed by atoms with van der Waals surface area (Å²) in [5.41, 5.74) is 1.19. The molecule has 1 fully saturated rings. The third kappa shape index (κ3) is 3.70. The van der Waals surface area contributed by atoms with Gasteiger partial charge in [0.05, 0.1) is 18.4 Å². The Morgan fingerprint density at radius 3 is 2.85 bits per heavy atom. The zero-order valence-corrected chi connectivity index (χ0v) is 12.9. The molecule has 0 saturated carbocycles. The molecule has 1 N–H and O–H groups in total. The van der Waals surface area contributed by atoms with Crippen LogP contribution in [0.25, 0.3) is 0 Å². The van der Waals surface area contributed by atoms with E-state index < -0.39 is 0 Å². The van der Waals surface area contributed by atoms with Crippen molar-refractivity contribution in [2.75, 3.05) is 13.2 Å². The lowest BCUT2D eigenvalue weighted by Gasteiger charge is -2.27. The summed E-state index contributed by atoms with van der Waals surface area (Å²) < 4.78 is 11.5. The van der Waals surface area contributed by atoms with Crippen LogP contribution < -0.4 is 10.1 Å². The SMILES string of the molecule is CCNC(c1cncc(OC(C)C)c1)C1CCOC1C. The van der Waals surface area contributed by atoms with E-state index in [1.54, 1.807) is 6.20 Å². The Kier molecular flexibility index (Phi) is 5.38. The van der Waals surface area contributed by atoms with Gasteiger partial charge in [0.1, 0.15) is 5.75 Å². The Morgan fingerprint density at radius 1 is 1.45 bits per heavy atom. The zero-order chi connectivity index (χ0) is 14.5. The molecule has 0 spiro atoms. The minimum atomic E-state index is 0.165. The molecule has 1 aromatic rings. The molecule has 2 heterocycles. The first-order valence-electron chi connectivity index (χ1n) is 7.58. The van der Waals surface area contributed by atoms with E-state index in [4.69, 9.17) is 9.47 Å². The molecule has 1 aromatic heterocycles. The van der Waals surface area contributed by atoms with Gasteiger partial charge in [-0.15, -0.1) is 0 Å². The van der Waals surface area contributed by atoms with Gasteiger partial charge in [-0.05, 0) is 45.4 Å². The number of pyridine rings is 1. The molecule has 0 bridgehead atoms. The molecule has 0 amide bonds. The van der Waals surface area contributed by atoms with Crippen molar-refractivity contribution in [1.82, 2.24) is 10.3 Å². The molecule has 1 saturated heterocycles. The molecule has 20 heavy (non-hydrogen) atoms. The minimum Gasteiger partial charge on any atom is -0.489 e. The maximum Gasteiger partial charge on any atom is 0.138 e. The Morgan fingerprint density at radius 2 is 2.25 bits per heavy atom. The molecule has 2 rings (SSSR count). The highest BCUT2D eigenvalue weighted by Gasteiger charge is 2.32. The van der Waals surface area contributed by atoms with Gasteiger partial charge in [-0.3, -0.25) is 4.98 Å². The molecule has 4 heteroatoms. The van der Waals surface area contributed by atoms with Crippen LogP contribution in [0.5, 0.6) is 5.75 Å². The number of ether oxygens (including phenoxy) is 2. The highest BCUT2D eigenvalue weighted by Crippen LogP contribution is 2.34. The lowest BCUT2D eigenvalue weighted by atomic mass is 9.89. The quantitative estimate of drug-likeness (QED) is 0.869. The summed E-state index contributed by atoms with van der Waals surface area (Å²) in [7, 11) is 0. The fourth-order valence-corrected chi connectivity index (χ4v) is 2.86. The average molecular weight is 278 g/mol. The molecule has 0 radical (unpaired) electrons. The van der Waals surface area contributed by atoms with Crippen molar-refractivity contribution >= 4 is 0 Å². The standard InChI is InChI=1S/C16H26N2O2/c1-5-18-16(15-6-7-19-12(15)4)13-8-14(10-17-9-13)20-11(2)3/h8-12,15-16,18H,5-7H2,1-4H3. The van der Waals surface area contributed by atoms with Gasteiger partial charge < -0.3 is 14.8 Å². The Hall–Kier alpha value is -1.13. The van der Waals surface area contributed by atoms with Gasteiger partial charge in [-0.25, -0.2) is 0 Å². The third-order valence-electron chi connectivity index (χ3n) is 3.75. The maximum atomic E-state index is 5.75. The number of nitrogens with one attached hydrogen (secondary N) is 1. The molecule has 1 aliphatic heterocycles. The van der Waals surface area contributed by atoms with Crippen molar-refractivity contribution in [3.05, 3.63) is 24.0 Å². The maximum absolute atomic E-state index is 5.75. The van der Waals surface area contributed by atoms with E-state index in [-0.39, 0.29) is 18.2 Å². The van der Waals surface area contributed by atoms with Crippen molar-refractivity contribution in [3.8, 4) is 5.75 Å². The molecule has 1 aliphatic rings. The van der Waals surface area contributed by atoms with Gasteiger partial charge in [0, 0.05) is 24.8 Å². The fourth-order valence-electron chi connectivity index (χ4n) is 2.86. The van der Waals surface area contributed by atoms with E-state index in [1.807, 2.05) is 20.0 Å². The molecule has 112 valence electrons. The molecule has 0 aromatic carbocycles. The molecular formula is C16H26N2O2. The van der Waals surface area contributed by atoms with E-state index in [2.05, 4.69) is 30.2 Å². The van der Waals surface area contributed by atoms with Crippen LogP contribution in [0.15, 0.2) is 18.5 Å². The normalized spacial score (nSPS) is 24.1. The van der Waals surface area contributed by atoms with Crippen LogP contribution >= 0.6 is 0 Å². The van der Waals surface area contributed by atoms with Crippen LogP contribution in [0.1, 0.15) is 45.7 Å². The second-order valence-corrected chi connectivity index (χ2v) is 5.68. The van der Waals surface area contributed by atoms with Crippen LogP contribution in [-0.2, 0) is 4.74 Å². The third-order valence-corrected chi connectivity index (χ3v) is 3.75. The highest BCUT2D eigenvalue weighted by molar-refractivity contribution is 5.27. The number of nitrogens with zero attached hydrogens (tertiary/aromatic N) is 1. The Labute approximate surface area is 121 Å². The molecule has 3 atom stereocenters. The monoisotopic (exact) mass is 278 g/mol. The van der Waals surface area contributed by atoms with Crippen molar-refractivity contribution in [2.45, 2.75) is 52.4 Å². The summed E-state index contributed by atoms with van der Waals surface area (Å²) in [6, 6.07) is 2.38. The summed E-state index contributed by atoms with van der Waals surface area (Å²) >= 11 is 0. The summed E-state index contributed by atoms with van der Waals surface area (Å²) in [5, 5.41) is 3.58. The van der Waals surface area contributed by atoms with Crippen LogP contribution in [0, 0.1) is 5.92 Å². The summed E-state index contributed by atoms with van der Waals surface area (Å²) in [6.07, 6.45) is 5.26. The van der Waals surface area contributed by atoms with E-state index in [1.165, 1.54) is 5.56 Å². The van der Waals surface area contributed by atoms with Gasteiger partial charge in [0.2, 0.25) is 0 Å². The zero-order valence-electron chi connectivity index (χ0n) is 12.9. The topological polar surface area (TPSA) is 43.4 Å².